The van der Waals surface area contributed by atoms with Crippen LogP contribution in [0.5, 0.6) is 11.6 Å². The van der Waals surface area contributed by atoms with Crippen LogP contribution in [-0.2, 0) is 0 Å². The van der Waals surface area contributed by atoms with E-state index in [0.717, 1.165) is 29.0 Å². The van der Waals surface area contributed by atoms with Crippen molar-refractivity contribution in [2.24, 2.45) is 4.99 Å². The molecule has 0 aliphatic heterocycles. The summed E-state index contributed by atoms with van der Waals surface area (Å²) in [4.78, 5) is 40.2. The largest absolute Gasteiger partial charge is 0.506 e. The molecule has 0 saturated carbocycles. The number of rotatable bonds is 4. The summed E-state index contributed by atoms with van der Waals surface area (Å²) in [6.07, 6.45) is 0.888. The zero-order valence-electron chi connectivity index (χ0n) is 13.9. The van der Waals surface area contributed by atoms with Gasteiger partial charge in [-0.3, -0.25) is 24.9 Å². The first-order valence-corrected chi connectivity index (χ1v) is 8.01. The zero-order valence-corrected chi connectivity index (χ0v) is 14.6. The molecule has 0 amide bonds. The molecule has 0 aliphatic rings. The van der Waals surface area contributed by atoms with E-state index in [4.69, 9.17) is 11.6 Å². The minimum absolute atomic E-state index is 0.197. The van der Waals surface area contributed by atoms with E-state index in [-0.39, 0.29) is 28.4 Å². The number of nitrogens with one attached hydrogen (secondary N) is 1. The van der Waals surface area contributed by atoms with Crippen molar-refractivity contribution in [3.8, 4) is 17.3 Å². The Morgan fingerprint density at radius 3 is 2.46 bits per heavy atom. The zero-order chi connectivity index (χ0) is 20.4. The molecule has 28 heavy (non-hydrogen) atoms. The van der Waals surface area contributed by atoms with Gasteiger partial charge in [0, 0.05) is 23.4 Å². The Morgan fingerprint density at radius 1 is 1.14 bits per heavy atom. The summed E-state index contributed by atoms with van der Waals surface area (Å²) < 4.78 is 0.826. The van der Waals surface area contributed by atoms with Crippen molar-refractivity contribution in [1.29, 1.82) is 0 Å². The van der Waals surface area contributed by atoms with Gasteiger partial charge in [0.25, 0.3) is 11.2 Å². The van der Waals surface area contributed by atoms with E-state index < -0.39 is 22.1 Å². The molecule has 3 rings (SSSR count). The Balaban J connectivity index is 2.12. The summed E-state index contributed by atoms with van der Waals surface area (Å²) in [6, 6.07) is 9.03. The molecule has 0 fully saturated rings. The number of nitrogens with zero attached hydrogens (tertiary/aromatic N) is 3. The number of hydrogen-bond donors (Lipinski definition) is 3. The van der Waals surface area contributed by atoms with Gasteiger partial charge in [0.2, 0.25) is 5.88 Å². The van der Waals surface area contributed by atoms with Crippen LogP contribution in [0.15, 0.2) is 57.0 Å². The maximum absolute atomic E-state index is 12.1. The average molecular weight is 403 g/mol. The lowest BCUT2D eigenvalue weighted by molar-refractivity contribution is -0.384. The maximum atomic E-state index is 12.1. The van der Waals surface area contributed by atoms with E-state index in [1.165, 1.54) is 24.3 Å². The number of aromatic amines is 1. The third-order valence-electron chi connectivity index (χ3n) is 3.71. The van der Waals surface area contributed by atoms with Gasteiger partial charge in [-0.05, 0) is 30.3 Å². The number of phenols is 1. The number of H-pyrrole nitrogens is 1. The fourth-order valence-corrected chi connectivity index (χ4v) is 2.47. The third-order valence-corrected chi connectivity index (χ3v) is 3.96. The topological polar surface area (TPSA) is 151 Å². The van der Waals surface area contributed by atoms with Crippen LogP contribution in [0, 0.1) is 10.1 Å². The third kappa shape index (κ3) is 3.62. The van der Waals surface area contributed by atoms with Gasteiger partial charge < -0.3 is 10.2 Å². The van der Waals surface area contributed by atoms with E-state index in [1.54, 1.807) is 0 Å². The highest BCUT2D eigenvalue weighted by Gasteiger charge is 2.15. The highest BCUT2D eigenvalue weighted by atomic mass is 35.5. The van der Waals surface area contributed by atoms with Crippen LogP contribution in [0.25, 0.3) is 5.69 Å². The molecule has 1 aromatic heterocycles. The number of benzene rings is 2. The summed E-state index contributed by atoms with van der Waals surface area (Å²) in [6.45, 7) is 0. The van der Waals surface area contributed by atoms with E-state index >= 15 is 0 Å². The summed E-state index contributed by atoms with van der Waals surface area (Å²) in [5.41, 5.74) is -2.50. The first-order valence-electron chi connectivity index (χ1n) is 7.63. The Bertz CT molecular complexity index is 1210. The maximum Gasteiger partial charge on any atom is 0.335 e. The van der Waals surface area contributed by atoms with Crippen molar-refractivity contribution in [2.75, 3.05) is 0 Å². The standard InChI is InChI=1S/C17H11ClN4O6/c18-9-1-3-10(4-2-9)21-16(25)12(15(24)20-17(21)26)8-19-13-7-11(22(27)28)5-6-14(13)23/h1-8,23,25H,(H,20,24,26). The lowest BCUT2D eigenvalue weighted by atomic mass is 10.2. The van der Waals surface area contributed by atoms with Crippen LogP contribution < -0.4 is 11.2 Å². The van der Waals surface area contributed by atoms with Crippen molar-refractivity contribution >= 4 is 29.2 Å². The molecular formula is C17H11ClN4O6. The Hall–Kier alpha value is -3.92. The number of aromatic nitrogens is 2. The number of non-ortho nitro benzene ring substituents is 1. The average Bonchev–Trinajstić information content (AvgIpc) is 2.64. The normalized spacial score (nSPS) is 11.0. The van der Waals surface area contributed by atoms with E-state index in [2.05, 4.69) is 4.99 Å². The molecule has 3 aromatic rings. The number of aliphatic imine (C=N–C) groups is 1. The summed E-state index contributed by atoms with van der Waals surface area (Å²) in [5.74, 6) is -1.08. The molecule has 11 heteroatoms. The second kappa shape index (κ2) is 7.37. The van der Waals surface area contributed by atoms with Gasteiger partial charge in [-0.2, -0.15) is 0 Å². The molecule has 0 spiro atoms. The highest BCUT2D eigenvalue weighted by molar-refractivity contribution is 6.30. The van der Waals surface area contributed by atoms with Gasteiger partial charge in [0.15, 0.2) is 0 Å². The molecule has 10 nitrogen and oxygen atoms in total. The van der Waals surface area contributed by atoms with E-state index in [1.807, 2.05) is 4.98 Å². The fraction of sp³-hybridized carbons (Fsp3) is 0. The van der Waals surface area contributed by atoms with E-state index in [0.29, 0.717) is 5.02 Å². The minimum Gasteiger partial charge on any atom is -0.506 e. The van der Waals surface area contributed by atoms with Crippen molar-refractivity contribution in [3.63, 3.8) is 0 Å². The van der Waals surface area contributed by atoms with Crippen molar-refractivity contribution < 1.29 is 15.1 Å². The molecule has 0 bridgehead atoms. The van der Waals surface area contributed by atoms with Gasteiger partial charge >= 0.3 is 5.69 Å². The van der Waals surface area contributed by atoms with Crippen molar-refractivity contribution in [2.45, 2.75) is 0 Å². The van der Waals surface area contributed by atoms with Gasteiger partial charge in [-0.25, -0.2) is 9.36 Å². The second-order valence-electron chi connectivity index (χ2n) is 5.50. The number of aromatic hydroxyl groups is 2. The van der Waals surface area contributed by atoms with Gasteiger partial charge in [0.05, 0.1) is 10.6 Å². The molecule has 0 atom stereocenters. The molecule has 142 valence electrons. The first kappa shape index (κ1) is 18.9. The smallest absolute Gasteiger partial charge is 0.335 e. The van der Waals surface area contributed by atoms with E-state index in [9.17, 15) is 29.9 Å². The van der Waals surface area contributed by atoms with Crippen molar-refractivity contribution in [3.05, 3.63) is 84.0 Å². The second-order valence-corrected chi connectivity index (χ2v) is 5.93. The van der Waals surface area contributed by atoms with Crippen LogP contribution in [0.3, 0.4) is 0 Å². The molecule has 0 aliphatic carbocycles. The summed E-state index contributed by atoms with van der Waals surface area (Å²) >= 11 is 5.80. The molecule has 0 unspecified atom stereocenters. The fourth-order valence-electron chi connectivity index (χ4n) is 2.35. The van der Waals surface area contributed by atoms with Crippen LogP contribution in [0.4, 0.5) is 11.4 Å². The predicted molar refractivity (Wildman–Crippen MR) is 101 cm³/mol. The Labute approximate surface area is 160 Å². The summed E-state index contributed by atoms with van der Waals surface area (Å²) in [7, 11) is 0. The molecule has 2 aromatic carbocycles. The van der Waals surface area contributed by atoms with Gasteiger partial charge in [-0.15, -0.1) is 0 Å². The summed E-state index contributed by atoms with van der Waals surface area (Å²) in [5, 5.41) is 31.4. The number of phenolic OH excluding ortho intramolecular Hbond substituents is 1. The lowest BCUT2D eigenvalue weighted by Gasteiger charge is -2.09. The van der Waals surface area contributed by atoms with Gasteiger partial charge in [0.1, 0.15) is 17.0 Å². The van der Waals surface area contributed by atoms with Crippen molar-refractivity contribution in [1.82, 2.24) is 9.55 Å². The number of halogens is 1. The molecule has 1 heterocycles. The molecular weight excluding hydrogens is 392 g/mol. The monoisotopic (exact) mass is 402 g/mol. The Morgan fingerprint density at radius 2 is 1.82 bits per heavy atom. The predicted octanol–water partition coefficient (Wildman–Crippen LogP) is 2.25. The molecule has 3 N–H and O–H groups in total. The number of nitro groups is 1. The van der Waals surface area contributed by atoms with Crippen LogP contribution in [0.2, 0.25) is 5.02 Å². The van der Waals surface area contributed by atoms with Crippen LogP contribution in [-0.4, -0.2) is 30.9 Å². The first-order chi connectivity index (χ1) is 13.3. The quantitative estimate of drug-likeness (QED) is 0.346. The van der Waals surface area contributed by atoms with Crippen LogP contribution in [0.1, 0.15) is 5.56 Å². The molecule has 0 radical (unpaired) electrons. The lowest BCUT2D eigenvalue weighted by Crippen LogP contribution is -2.31. The molecule has 0 saturated heterocycles. The Kier molecular flexibility index (Phi) is 4.96. The van der Waals surface area contributed by atoms with Crippen LogP contribution >= 0.6 is 11.6 Å². The highest BCUT2D eigenvalue weighted by Crippen LogP contribution is 2.30. The SMILES string of the molecule is O=c1[nH]c(=O)n(-c2ccc(Cl)cc2)c(O)c1C=Nc1cc([N+](=O)[O-])ccc1O. The number of hydrogen-bond acceptors (Lipinski definition) is 7. The van der Waals surface area contributed by atoms with Gasteiger partial charge in [-0.1, -0.05) is 11.6 Å². The minimum atomic E-state index is -0.929. The number of nitro benzene ring substituents is 1.